The van der Waals surface area contributed by atoms with Crippen LogP contribution in [-0.2, 0) is 24.2 Å². The number of aromatic nitrogens is 1. The molecule has 25 heavy (non-hydrogen) atoms. The molecule has 0 fully saturated rings. The van der Waals surface area contributed by atoms with Gasteiger partial charge in [-0.15, -0.1) is 0 Å². The van der Waals surface area contributed by atoms with E-state index in [0.29, 0.717) is 17.9 Å². The highest BCUT2D eigenvalue weighted by atomic mass is 16.5. The van der Waals surface area contributed by atoms with Gasteiger partial charge in [0.1, 0.15) is 5.58 Å². The first-order valence-corrected chi connectivity index (χ1v) is 8.30. The van der Waals surface area contributed by atoms with Gasteiger partial charge in [0.05, 0.1) is 12.3 Å². The molecule has 4 rings (SSSR count). The van der Waals surface area contributed by atoms with Gasteiger partial charge in [0.25, 0.3) is 0 Å². The molecule has 0 bridgehead atoms. The Balaban J connectivity index is 1.91. The molecule has 130 valence electrons. The summed E-state index contributed by atoms with van der Waals surface area (Å²) in [6.07, 6.45) is 3.50. The van der Waals surface area contributed by atoms with E-state index in [2.05, 4.69) is 0 Å². The largest absolute Gasteiger partial charge is 0.494 e. The number of ether oxygens (including phenoxy) is 1. The van der Waals surface area contributed by atoms with Crippen molar-refractivity contribution in [1.29, 1.82) is 0 Å². The fraction of sp³-hybridized carbons (Fsp3) is 0.316. The molecule has 0 radical (unpaired) electrons. The normalized spacial score (nSPS) is 14.0. The second-order valence-corrected chi connectivity index (χ2v) is 6.35. The zero-order valence-corrected chi connectivity index (χ0v) is 13.9. The molecule has 2 aromatic heterocycles. The Morgan fingerprint density at radius 1 is 1.12 bits per heavy atom. The summed E-state index contributed by atoms with van der Waals surface area (Å²) in [6.45, 7) is 0.301. The average Bonchev–Trinajstić information content (AvgIpc) is 2.86. The van der Waals surface area contributed by atoms with Crippen molar-refractivity contribution >= 4 is 11.0 Å². The monoisotopic (exact) mass is 341 g/mol. The smallest absolute Gasteiger partial charge is 0.336 e. The fourth-order valence-electron chi connectivity index (χ4n) is 3.65. The fourth-order valence-corrected chi connectivity index (χ4v) is 3.65. The van der Waals surface area contributed by atoms with Crippen molar-refractivity contribution in [1.82, 2.24) is 4.57 Å². The minimum absolute atomic E-state index is 0.0574. The van der Waals surface area contributed by atoms with E-state index >= 15 is 0 Å². The van der Waals surface area contributed by atoms with Gasteiger partial charge in [-0.05, 0) is 43.4 Å². The van der Waals surface area contributed by atoms with Crippen LogP contribution in [-0.4, -0.2) is 21.9 Å². The molecule has 1 aliphatic rings. The van der Waals surface area contributed by atoms with Gasteiger partial charge in [-0.2, -0.15) is 0 Å². The first-order valence-electron chi connectivity index (χ1n) is 8.30. The van der Waals surface area contributed by atoms with Gasteiger partial charge in [-0.1, -0.05) is 0 Å². The molecule has 0 spiro atoms. The van der Waals surface area contributed by atoms with Gasteiger partial charge in [0.15, 0.2) is 0 Å². The van der Waals surface area contributed by atoms with E-state index in [4.69, 9.17) is 9.15 Å². The topological polar surface area (TPSA) is 84.8 Å². The van der Waals surface area contributed by atoms with E-state index in [9.17, 15) is 15.0 Å². The Bertz CT molecular complexity index is 985. The van der Waals surface area contributed by atoms with E-state index in [0.717, 1.165) is 47.8 Å². The number of nitrogens with zero attached hydrogens (tertiary/aromatic N) is 1. The van der Waals surface area contributed by atoms with Crippen molar-refractivity contribution in [2.75, 3.05) is 7.11 Å². The molecule has 0 amide bonds. The third-order valence-electron chi connectivity index (χ3n) is 4.80. The number of aromatic hydroxyl groups is 2. The molecule has 2 N–H and O–H groups in total. The maximum Gasteiger partial charge on any atom is 0.336 e. The molecule has 0 saturated heterocycles. The highest BCUT2D eigenvalue weighted by Gasteiger charge is 2.25. The average molecular weight is 341 g/mol. The lowest BCUT2D eigenvalue weighted by Crippen LogP contribution is -2.02. The number of fused-ring (bicyclic) bond motifs is 2. The lowest BCUT2D eigenvalue weighted by molar-refractivity contribution is 0.185. The highest BCUT2D eigenvalue weighted by Crippen LogP contribution is 2.41. The van der Waals surface area contributed by atoms with Crippen LogP contribution in [0.5, 0.6) is 11.8 Å². The first kappa shape index (κ1) is 15.8. The van der Waals surface area contributed by atoms with E-state index in [1.54, 1.807) is 25.3 Å². The molecule has 1 aromatic carbocycles. The van der Waals surface area contributed by atoms with E-state index in [1.807, 2.05) is 0 Å². The minimum atomic E-state index is -0.461. The van der Waals surface area contributed by atoms with Gasteiger partial charge < -0.3 is 19.4 Å². The Hall–Kier alpha value is -2.73. The van der Waals surface area contributed by atoms with Crippen molar-refractivity contribution in [2.24, 2.45) is 0 Å². The second kappa shape index (κ2) is 5.97. The first-order chi connectivity index (χ1) is 12.1. The van der Waals surface area contributed by atoms with Crippen LogP contribution in [0.15, 0.2) is 33.5 Å². The van der Waals surface area contributed by atoms with Crippen LogP contribution in [0.2, 0.25) is 0 Å². The maximum absolute atomic E-state index is 11.8. The zero-order valence-electron chi connectivity index (χ0n) is 13.9. The van der Waals surface area contributed by atoms with Gasteiger partial charge in [0, 0.05) is 35.8 Å². The summed E-state index contributed by atoms with van der Waals surface area (Å²) in [7, 11) is 1.56. The van der Waals surface area contributed by atoms with Crippen molar-refractivity contribution in [2.45, 2.75) is 32.3 Å². The van der Waals surface area contributed by atoms with Crippen LogP contribution in [0.1, 0.15) is 29.5 Å². The van der Waals surface area contributed by atoms with Crippen molar-refractivity contribution in [3.05, 3.63) is 51.4 Å². The summed E-state index contributed by atoms with van der Waals surface area (Å²) in [5, 5.41) is 21.9. The molecule has 6 heteroatoms. The lowest BCUT2D eigenvalue weighted by Gasteiger charge is -2.10. The van der Waals surface area contributed by atoms with E-state index in [-0.39, 0.29) is 11.8 Å². The van der Waals surface area contributed by atoms with Crippen molar-refractivity contribution in [3.63, 3.8) is 0 Å². The van der Waals surface area contributed by atoms with E-state index < -0.39 is 5.63 Å². The molecule has 6 nitrogen and oxygen atoms in total. The van der Waals surface area contributed by atoms with Crippen LogP contribution >= 0.6 is 0 Å². The molecular weight excluding hydrogens is 322 g/mol. The predicted octanol–water partition coefficient (Wildman–Crippen LogP) is 3.02. The van der Waals surface area contributed by atoms with Gasteiger partial charge in [-0.25, -0.2) is 4.79 Å². The quantitative estimate of drug-likeness (QED) is 0.715. The molecule has 0 unspecified atom stereocenters. The molecule has 0 saturated carbocycles. The summed E-state index contributed by atoms with van der Waals surface area (Å²) in [4.78, 5) is 11.8. The van der Waals surface area contributed by atoms with Gasteiger partial charge in [-0.3, -0.25) is 4.57 Å². The summed E-state index contributed by atoms with van der Waals surface area (Å²) in [5.74, 6) is 0.115. The number of hydrogen-bond donors (Lipinski definition) is 2. The van der Waals surface area contributed by atoms with Crippen molar-refractivity contribution in [3.8, 4) is 17.4 Å². The van der Waals surface area contributed by atoms with Crippen LogP contribution in [0.25, 0.3) is 16.7 Å². The number of benzene rings is 1. The minimum Gasteiger partial charge on any atom is -0.494 e. The molecule has 1 aliphatic carbocycles. The number of rotatable bonds is 3. The van der Waals surface area contributed by atoms with Gasteiger partial charge >= 0.3 is 5.63 Å². The molecule has 0 aliphatic heterocycles. The summed E-state index contributed by atoms with van der Waals surface area (Å²) < 4.78 is 11.9. The molecule has 3 aromatic rings. The number of hydrogen-bond acceptors (Lipinski definition) is 5. The third-order valence-corrected chi connectivity index (χ3v) is 4.80. The van der Waals surface area contributed by atoms with Crippen LogP contribution in [0.4, 0.5) is 0 Å². The van der Waals surface area contributed by atoms with Crippen molar-refractivity contribution < 1.29 is 19.4 Å². The van der Waals surface area contributed by atoms with Crippen LogP contribution in [0, 0.1) is 0 Å². The molecule has 2 heterocycles. The zero-order chi connectivity index (χ0) is 17.6. The molecular formula is C19H19NO5. The Kier molecular flexibility index (Phi) is 3.77. The Morgan fingerprint density at radius 2 is 1.80 bits per heavy atom. The predicted molar refractivity (Wildman–Crippen MR) is 92.5 cm³/mol. The summed E-state index contributed by atoms with van der Waals surface area (Å²) >= 11 is 0. The third kappa shape index (κ3) is 2.49. The van der Waals surface area contributed by atoms with Gasteiger partial charge in [0.2, 0.25) is 11.8 Å². The SMILES string of the molecule is COCc1cc(=O)oc2cc(-n3c(O)c4c(c3O)CCCC4)ccc12. The standard InChI is InChI=1S/C19H19NO5/c1-24-10-11-8-17(21)25-16-9-12(6-7-13(11)16)20-18(22)14-4-2-3-5-15(14)19(20)23/h6-9,22-23H,2-5,10H2,1H3. The Morgan fingerprint density at radius 3 is 2.44 bits per heavy atom. The Labute approximate surface area is 143 Å². The van der Waals surface area contributed by atoms with Crippen LogP contribution in [0.3, 0.4) is 0 Å². The second-order valence-electron chi connectivity index (χ2n) is 6.35. The lowest BCUT2D eigenvalue weighted by atomic mass is 9.95. The highest BCUT2D eigenvalue weighted by molar-refractivity contribution is 5.82. The number of methoxy groups -OCH3 is 1. The summed E-state index contributed by atoms with van der Waals surface area (Å²) in [5.41, 5.74) is 2.83. The molecule has 0 atom stereocenters. The van der Waals surface area contributed by atoms with Crippen LogP contribution < -0.4 is 5.63 Å². The maximum atomic E-state index is 11.8. The summed E-state index contributed by atoms with van der Waals surface area (Å²) in [6, 6.07) is 6.65. The van der Waals surface area contributed by atoms with E-state index in [1.165, 1.54) is 10.6 Å².